The van der Waals surface area contributed by atoms with Crippen LogP contribution >= 0.6 is 39.1 Å². The third-order valence-electron chi connectivity index (χ3n) is 2.34. The van der Waals surface area contributed by atoms with Gasteiger partial charge in [0.25, 0.3) is 5.91 Å². The summed E-state index contributed by atoms with van der Waals surface area (Å²) in [5, 5.41) is 7.89. The zero-order valence-corrected chi connectivity index (χ0v) is 12.7. The number of alkyl halides is 1. The fraction of sp³-hybridized carbons (Fsp3) is 0.167. The fourth-order valence-electron chi connectivity index (χ4n) is 1.44. The van der Waals surface area contributed by atoms with E-state index in [1.807, 2.05) is 0 Å². The van der Waals surface area contributed by atoms with Crippen LogP contribution in [0.5, 0.6) is 0 Å². The Hall–Kier alpha value is -1.04. The van der Waals surface area contributed by atoms with Gasteiger partial charge < -0.3 is 9.84 Å². The lowest BCUT2D eigenvalue weighted by Crippen LogP contribution is -2.22. The molecule has 1 amide bonds. The van der Waals surface area contributed by atoms with Gasteiger partial charge in [0.1, 0.15) is 0 Å². The second-order valence-electron chi connectivity index (χ2n) is 3.73. The second-order valence-corrected chi connectivity index (χ2v) is 5.13. The van der Waals surface area contributed by atoms with E-state index in [4.69, 9.17) is 27.7 Å². The fourth-order valence-corrected chi connectivity index (χ4v) is 2.20. The molecule has 2 rings (SSSR count). The Morgan fingerprint density at radius 1 is 1.37 bits per heavy atom. The summed E-state index contributed by atoms with van der Waals surface area (Å²) in [5.74, 6) is 0.284. The Balaban J connectivity index is 2.01. The molecule has 7 heteroatoms. The van der Waals surface area contributed by atoms with E-state index in [2.05, 4.69) is 26.4 Å². The van der Waals surface area contributed by atoms with E-state index in [0.29, 0.717) is 26.7 Å². The largest absolute Gasteiger partial charge is 0.359 e. The minimum atomic E-state index is -0.293. The normalized spacial score (nSPS) is 10.5. The van der Waals surface area contributed by atoms with Crippen molar-refractivity contribution in [1.29, 1.82) is 0 Å². The van der Waals surface area contributed by atoms with Crippen LogP contribution in [0.15, 0.2) is 28.8 Å². The van der Waals surface area contributed by atoms with E-state index < -0.39 is 0 Å². The first-order valence-electron chi connectivity index (χ1n) is 5.34. The molecule has 1 aromatic heterocycles. The van der Waals surface area contributed by atoms with Crippen molar-refractivity contribution < 1.29 is 9.32 Å². The first-order valence-corrected chi connectivity index (χ1v) is 7.21. The third-order valence-corrected chi connectivity index (χ3v) is 3.47. The van der Waals surface area contributed by atoms with Crippen molar-refractivity contribution in [2.45, 2.75) is 11.9 Å². The third kappa shape index (κ3) is 3.72. The Labute approximate surface area is 128 Å². The molecule has 0 aliphatic rings. The van der Waals surface area contributed by atoms with Gasteiger partial charge in [0.05, 0.1) is 22.8 Å². The number of carbonyl (C=O) groups excluding carboxylic acids is 1. The van der Waals surface area contributed by atoms with Crippen molar-refractivity contribution in [3.05, 3.63) is 51.3 Å². The molecule has 100 valence electrons. The molecule has 1 aromatic carbocycles. The summed E-state index contributed by atoms with van der Waals surface area (Å²) >= 11 is 15.0. The van der Waals surface area contributed by atoms with Gasteiger partial charge in [-0.25, -0.2) is 0 Å². The van der Waals surface area contributed by atoms with Gasteiger partial charge in [0.2, 0.25) is 0 Å². The zero-order chi connectivity index (χ0) is 13.8. The molecule has 2 aromatic rings. The molecule has 0 radical (unpaired) electrons. The first-order chi connectivity index (χ1) is 9.10. The molecule has 4 nitrogen and oxygen atoms in total. The number of hydrogen-bond acceptors (Lipinski definition) is 3. The highest BCUT2D eigenvalue weighted by Gasteiger charge is 2.11. The summed E-state index contributed by atoms with van der Waals surface area (Å²) in [4.78, 5) is 11.9. The number of halogens is 3. The first kappa shape index (κ1) is 14.4. The number of nitrogens with zero attached hydrogens (tertiary/aromatic N) is 1. The van der Waals surface area contributed by atoms with Crippen molar-refractivity contribution in [3.8, 4) is 0 Å². The van der Waals surface area contributed by atoms with Crippen LogP contribution < -0.4 is 5.32 Å². The second kappa shape index (κ2) is 6.41. The zero-order valence-electron chi connectivity index (χ0n) is 9.62. The minimum absolute atomic E-state index is 0.248. The maximum atomic E-state index is 11.9. The van der Waals surface area contributed by atoms with Gasteiger partial charge in [0, 0.05) is 16.4 Å². The number of hydrogen-bond donors (Lipinski definition) is 1. The van der Waals surface area contributed by atoms with Crippen molar-refractivity contribution in [2.75, 3.05) is 0 Å². The highest BCUT2D eigenvalue weighted by molar-refractivity contribution is 9.08. The lowest BCUT2D eigenvalue weighted by Gasteiger charge is -2.05. The maximum Gasteiger partial charge on any atom is 0.253 e. The van der Waals surface area contributed by atoms with Gasteiger partial charge in [-0.2, -0.15) is 0 Å². The highest BCUT2D eigenvalue weighted by atomic mass is 79.9. The van der Waals surface area contributed by atoms with Crippen LogP contribution in [0.25, 0.3) is 0 Å². The summed E-state index contributed by atoms with van der Waals surface area (Å²) in [5.41, 5.74) is 1.14. The quantitative estimate of drug-likeness (QED) is 0.840. The van der Waals surface area contributed by atoms with Gasteiger partial charge in [-0.05, 0) is 18.2 Å². The molecule has 0 saturated heterocycles. The van der Waals surface area contributed by atoms with E-state index in [1.165, 1.54) is 6.07 Å². The van der Waals surface area contributed by atoms with E-state index in [-0.39, 0.29) is 12.5 Å². The van der Waals surface area contributed by atoms with Crippen molar-refractivity contribution in [2.24, 2.45) is 0 Å². The number of carbonyl (C=O) groups is 1. The SMILES string of the molecule is O=C(NCc1cc(CBr)no1)c1ccc(Cl)cc1Cl. The van der Waals surface area contributed by atoms with Crippen LogP contribution in [0.1, 0.15) is 21.8 Å². The van der Waals surface area contributed by atoms with Crippen LogP contribution in [-0.2, 0) is 11.9 Å². The molecule has 19 heavy (non-hydrogen) atoms. The molecule has 0 fully saturated rings. The molecule has 0 aliphatic carbocycles. The Kier molecular flexibility index (Phi) is 4.85. The molecule has 1 N–H and O–H groups in total. The predicted octanol–water partition coefficient (Wildman–Crippen LogP) is 3.81. The molecule has 0 saturated carbocycles. The van der Waals surface area contributed by atoms with Crippen molar-refractivity contribution >= 4 is 45.0 Å². The molecule has 1 heterocycles. The molecular formula is C12H9BrCl2N2O2. The van der Waals surface area contributed by atoms with Gasteiger partial charge in [-0.15, -0.1) is 0 Å². The average Bonchev–Trinajstić information content (AvgIpc) is 2.84. The minimum Gasteiger partial charge on any atom is -0.359 e. The molecule has 0 aliphatic heterocycles. The summed E-state index contributed by atoms with van der Waals surface area (Å²) in [7, 11) is 0. The molecule has 0 atom stereocenters. The predicted molar refractivity (Wildman–Crippen MR) is 76.8 cm³/mol. The summed E-state index contributed by atoms with van der Waals surface area (Å²) in [6, 6.07) is 6.47. The van der Waals surface area contributed by atoms with Gasteiger partial charge >= 0.3 is 0 Å². The van der Waals surface area contributed by atoms with Crippen molar-refractivity contribution in [3.63, 3.8) is 0 Å². The Morgan fingerprint density at radius 3 is 2.79 bits per heavy atom. The summed E-state index contributed by atoms with van der Waals surface area (Å²) in [6.07, 6.45) is 0. The summed E-state index contributed by atoms with van der Waals surface area (Å²) < 4.78 is 5.04. The average molecular weight is 364 g/mol. The Bertz CT molecular complexity index is 601. The molecule has 0 spiro atoms. The number of nitrogens with one attached hydrogen (secondary N) is 1. The lowest BCUT2D eigenvalue weighted by atomic mass is 10.2. The Morgan fingerprint density at radius 2 is 2.16 bits per heavy atom. The van der Waals surface area contributed by atoms with Gasteiger partial charge in [0.15, 0.2) is 5.76 Å². The molecule has 0 bridgehead atoms. The van der Waals surface area contributed by atoms with E-state index >= 15 is 0 Å². The van der Waals surface area contributed by atoms with Crippen LogP contribution in [-0.4, -0.2) is 11.1 Å². The lowest BCUT2D eigenvalue weighted by molar-refractivity contribution is 0.0947. The topological polar surface area (TPSA) is 55.1 Å². The standard InChI is InChI=1S/C12H9BrCl2N2O2/c13-5-8-4-9(19-17-8)6-16-12(18)10-2-1-7(14)3-11(10)15/h1-4H,5-6H2,(H,16,18). The van der Waals surface area contributed by atoms with Gasteiger partial charge in [-0.1, -0.05) is 44.3 Å². The number of aromatic nitrogens is 1. The smallest absolute Gasteiger partial charge is 0.253 e. The van der Waals surface area contributed by atoms with Crippen LogP contribution in [0.3, 0.4) is 0 Å². The number of benzene rings is 1. The van der Waals surface area contributed by atoms with Crippen molar-refractivity contribution in [1.82, 2.24) is 10.5 Å². The van der Waals surface area contributed by atoms with Crippen LogP contribution in [0.2, 0.25) is 10.0 Å². The van der Waals surface area contributed by atoms with Crippen LogP contribution in [0, 0.1) is 0 Å². The molecular weight excluding hydrogens is 355 g/mol. The van der Waals surface area contributed by atoms with E-state index in [9.17, 15) is 4.79 Å². The maximum absolute atomic E-state index is 11.9. The molecule has 0 unspecified atom stereocenters. The number of amides is 1. The van der Waals surface area contributed by atoms with Gasteiger partial charge in [-0.3, -0.25) is 4.79 Å². The number of rotatable bonds is 4. The van der Waals surface area contributed by atoms with Crippen LogP contribution in [0.4, 0.5) is 0 Å². The summed E-state index contributed by atoms with van der Waals surface area (Å²) in [6.45, 7) is 0.248. The van der Waals surface area contributed by atoms with E-state index in [1.54, 1.807) is 18.2 Å². The highest BCUT2D eigenvalue weighted by Crippen LogP contribution is 2.20. The van der Waals surface area contributed by atoms with E-state index in [0.717, 1.165) is 5.69 Å². The monoisotopic (exact) mass is 362 g/mol.